The van der Waals surface area contributed by atoms with Gasteiger partial charge in [-0.3, -0.25) is 9.59 Å². The second-order valence-electron chi connectivity index (χ2n) is 6.24. The molecule has 0 aromatic heterocycles. The fourth-order valence-electron chi connectivity index (χ4n) is 3.52. The van der Waals surface area contributed by atoms with Gasteiger partial charge in [-0.25, -0.2) is 0 Å². The third kappa shape index (κ3) is 2.49. The molecule has 1 aliphatic heterocycles. The van der Waals surface area contributed by atoms with Crippen molar-refractivity contribution in [3.05, 3.63) is 0 Å². The number of hydrogen-bond acceptors (Lipinski definition) is 2. The number of rotatable bonds is 3. The average Bonchev–Trinajstić information content (AvgIpc) is 2.37. The summed E-state index contributed by atoms with van der Waals surface area (Å²) in [6.07, 6.45) is 6.53. The molecule has 108 valence electrons. The van der Waals surface area contributed by atoms with Gasteiger partial charge in [-0.15, -0.1) is 0 Å². The van der Waals surface area contributed by atoms with Crippen molar-refractivity contribution in [1.82, 2.24) is 10.2 Å². The normalized spacial score (nSPS) is 26.9. The maximum absolute atomic E-state index is 12.9. The van der Waals surface area contributed by atoms with Crippen molar-refractivity contribution >= 4 is 11.8 Å². The van der Waals surface area contributed by atoms with Crippen LogP contribution in [0, 0.1) is 0 Å². The molecule has 0 aromatic rings. The molecule has 2 amide bonds. The average molecular weight is 266 g/mol. The molecule has 1 atom stereocenters. The van der Waals surface area contributed by atoms with Gasteiger partial charge in [0.25, 0.3) is 0 Å². The van der Waals surface area contributed by atoms with E-state index in [1.807, 2.05) is 18.7 Å². The molecule has 4 heteroatoms. The summed E-state index contributed by atoms with van der Waals surface area (Å²) in [5.41, 5.74) is -0.593. The first-order valence-electron chi connectivity index (χ1n) is 7.66. The van der Waals surface area contributed by atoms with Gasteiger partial charge < -0.3 is 10.2 Å². The van der Waals surface area contributed by atoms with Crippen LogP contribution in [0.2, 0.25) is 0 Å². The fraction of sp³-hybridized carbons (Fsp3) is 0.867. The highest BCUT2D eigenvalue weighted by Crippen LogP contribution is 2.34. The van der Waals surface area contributed by atoms with E-state index >= 15 is 0 Å². The quantitative estimate of drug-likeness (QED) is 0.851. The SMILES string of the molecule is CCCC1C(=O)NC2(CCCCC2)C(=O)N1C(C)C. The minimum Gasteiger partial charge on any atom is -0.340 e. The van der Waals surface area contributed by atoms with E-state index in [2.05, 4.69) is 12.2 Å². The van der Waals surface area contributed by atoms with Crippen LogP contribution in [0.3, 0.4) is 0 Å². The molecule has 2 rings (SSSR count). The number of carbonyl (C=O) groups excluding carboxylic acids is 2. The minimum absolute atomic E-state index is 0.0528. The molecular weight excluding hydrogens is 240 g/mol. The van der Waals surface area contributed by atoms with Crippen LogP contribution in [0.25, 0.3) is 0 Å². The summed E-state index contributed by atoms with van der Waals surface area (Å²) in [5.74, 6) is 0.206. The maximum Gasteiger partial charge on any atom is 0.249 e. The summed E-state index contributed by atoms with van der Waals surface area (Å²) >= 11 is 0. The van der Waals surface area contributed by atoms with E-state index in [0.717, 1.165) is 38.5 Å². The van der Waals surface area contributed by atoms with Gasteiger partial charge in [0.1, 0.15) is 11.6 Å². The van der Waals surface area contributed by atoms with Gasteiger partial charge >= 0.3 is 0 Å². The molecule has 19 heavy (non-hydrogen) atoms. The summed E-state index contributed by atoms with van der Waals surface area (Å²) in [6.45, 7) is 6.08. The zero-order chi connectivity index (χ0) is 14.0. The molecule has 0 radical (unpaired) electrons. The van der Waals surface area contributed by atoms with Crippen molar-refractivity contribution in [3.8, 4) is 0 Å². The van der Waals surface area contributed by atoms with E-state index in [0.29, 0.717) is 0 Å². The Hall–Kier alpha value is -1.06. The first-order valence-corrected chi connectivity index (χ1v) is 7.66. The smallest absolute Gasteiger partial charge is 0.249 e. The van der Waals surface area contributed by atoms with E-state index in [4.69, 9.17) is 0 Å². The lowest BCUT2D eigenvalue weighted by atomic mass is 9.78. The second-order valence-corrected chi connectivity index (χ2v) is 6.24. The van der Waals surface area contributed by atoms with Crippen LogP contribution in [0.5, 0.6) is 0 Å². The summed E-state index contributed by atoms with van der Waals surface area (Å²) in [7, 11) is 0. The predicted molar refractivity (Wildman–Crippen MR) is 74.6 cm³/mol. The van der Waals surface area contributed by atoms with E-state index in [1.54, 1.807) is 0 Å². The third-order valence-electron chi connectivity index (χ3n) is 4.47. The molecule has 1 spiro atoms. The van der Waals surface area contributed by atoms with Crippen molar-refractivity contribution in [2.45, 2.75) is 83.3 Å². The molecule has 1 aliphatic carbocycles. The highest BCUT2D eigenvalue weighted by atomic mass is 16.2. The van der Waals surface area contributed by atoms with Crippen LogP contribution in [0.15, 0.2) is 0 Å². The summed E-state index contributed by atoms with van der Waals surface area (Å²) in [4.78, 5) is 27.1. The van der Waals surface area contributed by atoms with Crippen molar-refractivity contribution in [2.24, 2.45) is 0 Å². The maximum atomic E-state index is 12.9. The van der Waals surface area contributed by atoms with Gasteiger partial charge in [-0.2, -0.15) is 0 Å². The number of carbonyl (C=O) groups is 2. The second kappa shape index (κ2) is 5.51. The minimum atomic E-state index is -0.593. The summed E-state index contributed by atoms with van der Waals surface area (Å²) in [5, 5.41) is 3.07. The van der Waals surface area contributed by atoms with Gasteiger partial charge in [-0.1, -0.05) is 32.6 Å². The molecule has 1 saturated heterocycles. The van der Waals surface area contributed by atoms with Crippen LogP contribution in [0.1, 0.15) is 65.7 Å². The fourth-order valence-corrected chi connectivity index (χ4v) is 3.52. The Bertz CT molecular complexity index is 359. The molecule has 0 aromatic carbocycles. The number of piperazine rings is 1. The lowest BCUT2D eigenvalue weighted by Gasteiger charge is -2.49. The van der Waals surface area contributed by atoms with Gasteiger partial charge in [0, 0.05) is 6.04 Å². The number of nitrogens with one attached hydrogen (secondary N) is 1. The highest BCUT2D eigenvalue weighted by Gasteiger charge is 2.51. The molecular formula is C15H26N2O2. The zero-order valence-electron chi connectivity index (χ0n) is 12.4. The van der Waals surface area contributed by atoms with Crippen molar-refractivity contribution in [1.29, 1.82) is 0 Å². The lowest BCUT2D eigenvalue weighted by Crippen LogP contribution is -2.71. The Morgan fingerprint density at radius 1 is 1.26 bits per heavy atom. The van der Waals surface area contributed by atoms with E-state index in [9.17, 15) is 9.59 Å². The Morgan fingerprint density at radius 2 is 1.89 bits per heavy atom. The number of hydrogen-bond donors (Lipinski definition) is 1. The van der Waals surface area contributed by atoms with Gasteiger partial charge in [0.2, 0.25) is 11.8 Å². The number of amides is 2. The Morgan fingerprint density at radius 3 is 2.42 bits per heavy atom. The molecule has 2 fully saturated rings. The van der Waals surface area contributed by atoms with Crippen LogP contribution in [-0.2, 0) is 9.59 Å². The van der Waals surface area contributed by atoms with Crippen LogP contribution < -0.4 is 5.32 Å². The zero-order valence-corrected chi connectivity index (χ0v) is 12.4. The van der Waals surface area contributed by atoms with E-state index in [-0.39, 0.29) is 23.9 Å². The topological polar surface area (TPSA) is 49.4 Å². The Labute approximate surface area is 115 Å². The first kappa shape index (κ1) is 14.4. The molecule has 1 saturated carbocycles. The summed E-state index contributed by atoms with van der Waals surface area (Å²) < 4.78 is 0. The largest absolute Gasteiger partial charge is 0.340 e. The number of nitrogens with zero attached hydrogens (tertiary/aromatic N) is 1. The molecule has 1 unspecified atom stereocenters. The van der Waals surface area contributed by atoms with Crippen LogP contribution in [0.4, 0.5) is 0 Å². The van der Waals surface area contributed by atoms with Gasteiger partial charge in [0.15, 0.2) is 0 Å². The van der Waals surface area contributed by atoms with Gasteiger partial charge in [0.05, 0.1) is 0 Å². The Kier molecular flexibility index (Phi) is 4.16. The van der Waals surface area contributed by atoms with Crippen LogP contribution >= 0.6 is 0 Å². The predicted octanol–water partition coefficient (Wildman–Crippen LogP) is 2.22. The monoisotopic (exact) mass is 266 g/mol. The standard InChI is InChI=1S/C15H26N2O2/c1-4-8-12-13(18)16-15(9-6-5-7-10-15)14(19)17(12)11(2)3/h11-12H,4-10H2,1-3H3,(H,16,18). The Balaban J connectivity index is 2.28. The molecule has 1 N–H and O–H groups in total. The first-order chi connectivity index (χ1) is 9.02. The molecule has 0 bridgehead atoms. The summed E-state index contributed by atoms with van der Waals surface area (Å²) in [6, 6.07) is -0.182. The van der Waals surface area contributed by atoms with Crippen molar-refractivity contribution < 1.29 is 9.59 Å². The highest BCUT2D eigenvalue weighted by molar-refractivity contribution is 6.00. The van der Waals surface area contributed by atoms with Crippen molar-refractivity contribution in [2.75, 3.05) is 0 Å². The van der Waals surface area contributed by atoms with E-state index < -0.39 is 5.54 Å². The molecule has 4 nitrogen and oxygen atoms in total. The lowest BCUT2D eigenvalue weighted by molar-refractivity contribution is -0.159. The molecule has 2 aliphatic rings. The van der Waals surface area contributed by atoms with Crippen LogP contribution in [-0.4, -0.2) is 34.3 Å². The van der Waals surface area contributed by atoms with Crippen molar-refractivity contribution in [3.63, 3.8) is 0 Å². The van der Waals surface area contributed by atoms with E-state index in [1.165, 1.54) is 6.42 Å². The van der Waals surface area contributed by atoms with Gasteiger partial charge in [-0.05, 0) is 33.1 Å². The molecule has 1 heterocycles. The third-order valence-corrected chi connectivity index (χ3v) is 4.47.